The Morgan fingerprint density at radius 2 is 1.84 bits per heavy atom. The largest absolute Gasteiger partial charge is 0.356 e. The van der Waals surface area contributed by atoms with Gasteiger partial charge in [0.05, 0.1) is 0 Å². The lowest BCUT2D eigenvalue weighted by Gasteiger charge is -2.22. The van der Waals surface area contributed by atoms with Crippen LogP contribution in [0.5, 0.6) is 0 Å². The van der Waals surface area contributed by atoms with Crippen molar-refractivity contribution in [3.8, 4) is 0 Å². The van der Waals surface area contributed by atoms with Gasteiger partial charge in [-0.15, -0.1) is 0 Å². The summed E-state index contributed by atoms with van der Waals surface area (Å²) in [4.78, 5) is 25.4. The number of aromatic nitrogens is 2. The minimum absolute atomic E-state index is 0.00410. The van der Waals surface area contributed by atoms with E-state index < -0.39 is 0 Å². The van der Waals surface area contributed by atoms with Crippen molar-refractivity contribution in [3.05, 3.63) is 47.9 Å². The summed E-state index contributed by atoms with van der Waals surface area (Å²) < 4.78 is 0. The number of hydrogen-bond donors (Lipinski definition) is 1. The highest BCUT2D eigenvalue weighted by atomic mass is 16.2. The number of fused-ring (bicyclic) bond motifs is 1. The highest BCUT2D eigenvalue weighted by Crippen LogP contribution is 2.33. The molecule has 3 heterocycles. The number of carbonyl (C=O) groups is 1. The van der Waals surface area contributed by atoms with Crippen LogP contribution in [-0.4, -0.2) is 47.1 Å². The zero-order chi connectivity index (χ0) is 17.4. The van der Waals surface area contributed by atoms with Crippen LogP contribution in [0.2, 0.25) is 0 Å². The molecule has 0 saturated carbocycles. The average molecular weight is 337 g/mol. The minimum atomic E-state index is 0.00410. The third-order valence-corrected chi connectivity index (χ3v) is 5.16. The summed E-state index contributed by atoms with van der Waals surface area (Å²) in [5, 5.41) is 3.02. The van der Waals surface area contributed by atoms with Gasteiger partial charge in [0.1, 0.15) is 12.1 Å². The van der Waals surface area contributed by atoms with Crippen LogP contribution in [0.25, 0.3) is 0 Å². The molecule has 2 aliphatic rings. The molecule has 2 amide bonds. The number of nitrogens with one attached hydrogen (secondary N) is 1. The highest BCUT2D eigenvalue weighted by Gasteiger charge is 2.42. The fourth-order valence-corrected chi connectivity index (χ4v) is 3.88. The molecule has 0 bridgehead atoms. The SMILES string of the molecule is Cc1cccc(NC(=O)N2CC3CN(c4cc(C)ncn4)CC3C2)c1. The second-order valence-corrected chi connectivity index (χ2v) is 7.15. The van der Waals surface area contributed by atoms with Crippen LogP contribution in [0, 0.1) is 25.7 Å². The number of likely N-dealkylation sites (tertiary alicyclic amines) is 1. The Balaban J connectivity index is 1.37. The zero-order valence-corrected chi connectivity index (χ0v) is 14.6. The molecule has 2 unspecified atom stereocenters. The number of carbonyl (C=O) groups excluding carboxylic acids is 1. The molecular formula is C19H23N5O. The summed E-state index contributed by atoms with van der Waals surface area (Å²) in [6.07, 6.45) is 1.63. The summed E-state index contributed by atoms with van der Waals surface area (Å²) >= 11 is 0. The smallest absolute Gasteiger partial charge is 0.321 e. The van der Waals surface area contributed by atoms with Crippen LogP contribution in [-0.2, 0) is 0 Å². The molecule has 6 nitrogen and oxygen atoms in total. The number of urea groups is 1. The first kappa shape index (κ1) is 15.9. The van der Waals surface area contributed by atoms with E-state index in [2.05, 4.69) is 20.2 Å². The van der Waals surface area contributed by atoms with Crippen LogP contribution in [0.3, 0.4) is 0 Å². The van der Waals surface area contributed by atoms with E-state index in [1.165, 1.54) is 0 Å². The maximum absolute atomic E-state index is 12.5. The Morgan fingerprint density at radius 1 is 1.08 bits per heavy atom. The highest BCUT2D eigenvalue weighted by molar-refractivity contribution is 5.89. The molecule has 4 rings (SSSR count). The molecular weight excluding hydrogens is 314 g/mol. The number of rotatable bonds is 2. The van der Waals surface area contributed by atoms with Gasteiger partial charge < -0.3 is 15.1 Å². The summed E-state index contributed by atoms with van der Waals surface area (Å²) in [5.74, 6) is 2.02. The van der Waals surface area contributed by atoms with Crippen LogP contribution in [0.4, 0.5) is 16.3 Å². The molecule has 0 spiro atoms. The first-order chi connectivity index (χ1) is 12.1. The maximum Gasteiger partial charge on any atom is 0.321 e. The molecule has 2 fully saturated rings. The van der Waals surface area contributed by atoms with Crippen molar-refractivity contribution in [2.24, 2.45) is 11.8 Å². The Labute approximate surface area is 147 Å². The van der Waals surface area contributed by atoms with Gasteiger partial charge in [0.15, 0.2) is 0 Å². The Bertz CT molecular complexity index is 779. The average Bonchev–Trinajstić information content (AvgIpc) is 3.13. The number of amides is 2. The van der Waals surface area contributed by atoms with Gasteiger partial charge in [-0.05, 0) is 31.5 Å². The van der Waals surface area contributed by atoms with Gasteiger partial charge in [-0.25, -0.2) is 14.8 Å². The Morgan fingerprint density at radius 3 is 2.52 bits per heavy atom. The van der Waals surface area contributed by atoms with Gasteiger partial charge >= 0.3 is 6.03 Å². The van der Waals surface area contributed by atoms with Crippen LogP contribution >= 0.6 is 0 Å². The number of anilines is 2. The monoisotopic (exact) mass is 337 g/mol. The molecule has 2 aliphatic heterocycles. The third-order valence-electron chi connectivity index (χ3n) is 5.16. The minimum Gasteiger partial charge on any atom is -0.356 e. The zero-order valence-electron chi connectivity index (χ0n) is 14.6. The van der Waals surface area contributed by atoms with Crippen LogP contribution < -0.4 is 10.2 Å². The van der Waals surface area contributed by atoms with Crippen molar-refractivity contribution in [1.82, 2.24) is 14.9 Å². The van der Waals surface area contributed by atoms with E-state index in [0.29, 0.717) is 11.8 Å². The lowest BCUT2D eigenvalue weighted by molar-refractivity contribution is 0.219. The predicted molar refractivity (Wildman–Crippen MR) is 97.7 cm³/mol. The predicted octanol–water partition coefficient (Wildman–Crippen LogP) is 2.69. The fraction of sp³-hybridized carbons (Fsp3) is 0.421. The first-order valence-electron chi connectivity index (χ1n) is 8.74. The lowest BCUT2D eigenvalue weighted by atomic mass is 10.0. The van der Waals surface area contributed by atoms with E-state index in [9.17, 15) is 4.79 Å². The molecule has 0 radical (unpaired) electrons. The van der Waals surface area contributed by atoms with Crippen molar-refractivity contribution in [1.29, 1.82) is 0 Å². The summed E-state index contributed by atoms with van der Waals surface area (Å²) in [5.41, 5.74) is 2.99. The molecule has 0 aliphatic carbocycles. The first-order valence-corrected chi connectivity index (χ1v) is 8.74. The number of hydrogen-bond acceptors (Lipinski definition) is 4. The molecule has 2 atom stereocenters. The van der Waals surface area contributed by atoms with Crippen molar-refractivity contribution in [3.63, 3.8) is 0 Å². The van der Waals surface area contributed by atoms with E-state index in [-0.39, 0.29) is 6.03 Å². The van der Waals surface area contributed by atoms with E-state index in [1.807, 2.05) is 49.1 Å². The summed E-state index contributed by atoms with van der Waals surface area (Å²) in [7, 11) is 0. The lowest BCUT2D eigenvalue weighted by Crippen LogP contribution is -2.36. The van der Waals surface area contributed by atoms with Crippen LogP contribution in [0.15, 0.2) is 36.7 Å². The van der Waals surface area contributed by atoms with Gasteiger partial charge in [0.2, 0.25) is 0 Å². The van der Waals surface area contributed by atoms with Gasteiger partial charge in [0, 0.05) is 55.5 Å². The molecule has 2 saturated heterocycles. The van der Waals surface area contributed by atoms with Crippen molar-refractivity contribution in [2.45, 2.75) is 13.8 Å². The number of benzene rings is 1. The van der Waals surface area contributed by atoms with Crippen molar-refractivity contribution in [2.75, 3.05) is 36.4 Å². The van der Waals surface area contributed by atoms with Gasteiger partial charge in [-0.1, -0.05) is 12.1 Å². The van der Waals surface area contributed by atoms with Crippen LogP contribution in [0.1, 0.15) is 11.3 Å². The molecule has 6 heteroatoms. The topological polar surface area (TPSA) is 61.4 Å². The molecule has 1 aromatic carbocycles. The van der Waals surface area contributed by atoms with E-state index in [0.717, 1.165) is 48.9 Å². The molecule has 130 valence electrons. The quantitative estimate of drug-likeness (QED) is 0.915. The van der Waals surface area contributed by atoms with Gasteiger partial charge in [-0.3, -0.25) is 0 Å². The fourth-order valence-electron chi connectivity index (χ4n) is 3.88. The Kier molecular flexibility index (Phi) is 4.03. The van der Waals surface area contributed by atoms with Crippen molar-refractivity contribution < 1.29 is 4.79 Å². The second-order valence-electron chi connectivity index (χ2n) is 7.15. The molecule has 1 N–H and O–H groups in total. The molecule has 2 aromatic rings. The Hall–Kier alpha value is -2.63. The number of aryl methyl sites for hydroxylation is 2. The summed E-state index contributed by atoms with van der Waals surface area (Å²) in [6, 6.07) is 9.95. The van der Waals surface area contributed by atoms with Gasteiger partial charge in [0.25, 0.3) is 0 Å². The van der Waals surface area contributed by atoms with E-state index >= 15 is 0 Å². The van der Waals surface area contributed by atoms with Gasteiger partial charge in [-0.2, -0.15) is 0 Å². The van der Waals surface area contributed by atoms with E-state index in [1.54, 1.807) is 6.33 Å². The summed E-state index contributed by atoms with van der Waals surface area (Å²) in [6.45, 7) is 7.54. The number of nitrogens with zero attached hydrogens (tertiary/aromatic N) is 4. The molecule has 25 heavy (non-hydrogen) atoms. The third kappa shape index (κ3) is 3.29. The van der Waals surface area contributed by atoms with E-state index in [4.69, 9.17) is 0 Å². The van der Waals surface area contributed by atoms with Crippen molar-refractivity contribution >= 4 is 17.5 Å². The normalized spacial score (nSPS) is 22.2. The second kappa shape index (κ2) is 6.35. The molecule has 1 aromatic heterocycles. The standard InChI is InChI=1S/C19H23N5O/c1-13-4-3-5-17(6-13)22-19(25)24-10-15-8-23(9-16(15)11-24)18-7-14(2)20-12-21-18/h3-7,12,15-16H,8-11H2,1-2H3,(H,22,25). The maximum atomic E-state index is 12.5.